The molecule has 6 nitrogen and oxygen atoms in total. The standard InChI is InChI=1S/C20H24ClN3S.CH4O3S/c1-22-11-13-23(14-12-22)9-4-10-24-17-5-2-3-6-19(17)25-20-8-7-16(21)15-18(20)24;1-5(2,3)4/h2-3,5-8,15H,4,9-14H2,1H3;1H3,(H,2,3,4). The van der Waals surface area contributed by atoms with Gasteiger partial charge in [0, 0.05) is 47.5 Å². The van der Waals surface area contributed by atoms with Gasteiger partial charge >= 0.3 is 0 Å². The quantitative estimate of drug-likeness (QED) is 0.676. The van der Waals surface area contributed by atoms with Crippen molar-refractivity contribution in [1.29, 1.82) is 0 Å². The molecule has 2 heterocycles. The fraction of sp³-hybridized carbons (Fsp3) is 0.429. The number of rotatable bonds is 4. The minimum Gasteiger partial charge on any atom is -0.340 e. The van der Waals surface area contributed by atoms with Crippen LogP contribution in [0.5, 0.6) is 0 Å². The van der Waals surface area contributed by atoms with Crippen molar-refractivity contribution in [3.8, 4) is 0 Å². The summed E-state index contributed by atoms with van der Waals surface area (Å²) in [5, 5.41) is 0.808. The number of hydrogen-bond donors (Lipinski definition) is 1. The summed E-state index contributed by atoms with van der Waals surface area (Å²) in [7, 11) is -1.46. The summed E-state index contributed by atoms with van der Waals surface area (Å²) >= 11 is 8.13. The Labute approximate surface area is 188 Å². The maximum absolute atomic E-state index is 9.19. The van der Waals surface area contributed by atoms with Crippen molar-refractivity contribution in [3.63, 3.8) is 0 Å². The minimum absolute atomic E-state index is 0.715. The molecule has 1 fully saturated rings. The lowest BCUT2D eigenvalue weighted by molar-refractivity contribution is 0.153. The van der Waals surface area contributed by atoms with Crippen LogP contribution in [0.15, 0.2) is 52.3 Å². The largest absolute Gasteiger partial charge is 0.340 e. The normalized spacial score (nSPS) is 17.0. The SMILES string of the molecule is CN1CCN(CCCN2c3ccccc3Sc3ccc(Cl)cc32)CC1.CS(=O)(=O)O. The molecule has 1 saturated heterocycles. The van der Waals surface area contributed by atoms with Gasteiger partial charge < -0.3 is 14.7 Å². The van der Waals surface area contributed by atoms with Crippen molar-refractivity contribution in [1.82, 2.24) is 9.80 Å². The molecule has 0 spiro atoms. The number of anilines is 2. The number of halogens is 1. The Bertz CT molecular complexity index is 956. The van der Waals surface area contributed by atoms with Crippen LogP contribution in [0.2, 0.25) is 5.02 Å². The molecule has 164 valence electrons. The average molecular weight is 470 g/mol. The van der Waals surface area contributed by atoms with Crippen LogP contribution in [0.4, 0.5) is 11.4 Å². The predicted octanol–water partition coefficient (Wildman–Crippen LogP) is 4.08. The third-order valence-electron chi connectivity index (χ3n) is 5.04. The van der Waals surface area contributed by atoms with Gasteiger partial charge in [-0.3, -0.25) is 4.55 Å². The van der Waals surface area contributed by atoms with Crippen molar-refractivity contribution < 1.29 is 13.0 Å². The lowest BCUT2D eigenvalue weighted by atomic mass is 10.2. The molecule has 9 heteroatoms. The first-order chi connectivity index (χ1) is 14.2. The van der Waals surface area contributed by atoms with Gasteiger partial charge in [0.25, 0.3) is 10.1 Å². The number of fused-ring (bicyclic) bond motifs is 2. The Morgan fingerprint density at radius 3 is 2.33 bits per heavy atom. The Morgan fingerprint density at radius 2 is 1.63 bits per heavy atom. The van der Waals surface area contributed by atoms with Crippen molar-refractivity contribution >= 4 is 44.9 Å². The molecule has 0 aromatic heterocycles. The van der Waals surface area contributed by atoms with Gasteiger partial charge in [-0.25, -0.2) is 0 Å². The first-order valence-electron chi connectivity index (χ1n) is 9.88. The molecule has 0 saturated carbocycles. The summed E-state index contributed by atoms with van der Waals surface area (Å²) < 4.78 is 25.9. The fourth-order valence-corrected chi connectivity index (χ4v) is 4.81. The van der Waals surface area contributed by atoms with E-state index in [2.05, 4.69) is 58.1 Å². The van der Waals surface area contributed by atoms with Crippen molar-refractivity contribution in [2.45, 2.75) is 16.2 Å². The van der Waals surface area contributed by atoms with Crippen LogP contribution < -0.4 is 4.90 Å². The van der Waals surface area contributed by atoms with E-state index in [0.29, 0.717) is 6.26 Å². The summed E-state index contributed by atoms with van der Waals surface area (Å²) in [6.45, 7) is 6.92. The van der Waals surface area contributed by atoms with Gasteiger partial charge in [-0.05, 0) is 50.3 Å². The van der Waals surface area contributed by atoms with E-state index in [0.717, 1.165) is 24.5 Å². The van der Waals surface area contributed by atoms with Gasteiger partial charge in [0.1, 0.15) is 0 Å². The molecule has 0 atom stereocenters. The van der Waals surface area contributed by atoms with E-state index < -0.39 is 10.1 Å². The van der Waals surface area contributed by atoms with Crippen LogP contribution in [0.3, 0.4) is 0 Å². The van der Waals surface area contributed by atoms with E-state index in [1.807, 2.05) is 17.8 Å². The Kier molecular flexibility index (Phi) is 8.06. The van der Waals surface area contributed by atoms with E-state index >= 15 is 0 Å². The van der Waals surface area contributed by atoms with Crippen molar-refractivity contribution in [3.05, 3.63) is 47.5 Å². The zero-order valence-corrected chi connectivity index (χ0v) is 19.7. The zero-order valence-electron chi connectivity index (χ0n) is 17.3. The fourth-order valence-electron chi connectivity index (χ4n) is 3.57. The van der Waals surface area contributed by atoms with E-state index in [1.54, 1.807) is 0 Å². The predicted molar refractivity (Wildman–Crippen MR) is 125 cm³/mol. The third kappa shape index (κ3) is 6.87. The summed E-state index contributed by atoms with van der Waals surface area (Å²) in [6.07, 6.45) is 1.88. The van der Waals surface area contributed by atoms with Crippen LogP contribution >= 0.6 is 23.4 Å². The van der Waals surface area contributed by atoms with Gasteiger partial charge in [0.15, 0.2) is 0 Å². The molecule has 0 bridgehead atoms. The van der Waals surface area contributed by atoms with E-state index in [1.165, 1.54) is 47.3 Å². The summed E-state index contributed by atoms with van der Waals surface area (Å²) in [5.41, 5.74) is 2.55. The second-order valence-electron chi connectivity index (χ2n) is 7.56. The topological polar surface area (TPSA) is 64.1 Å². The van der Waals surface area contributed by atoms with E-state index in [4.69, 9.17) is 16.2 Å². The van der Waals surface area contributed by atoms with Gasteiger partial charge in [-0.2, -0.15) is 8.42 Å². The molecule has 2 aromatic carbocycles. The molecule has 0 aliphatic carbocycles. The summed E-state index contributed by atoms with van der Waals surface area (Å²) in [4.78, 5) is 10.1. The third-order valence-corrected chi connectivity index (χ3v) is 6.41. The lowest BCUT2D eigenvalue weighted by Crippen LogP contribution is -2.45. The molecule has 4 rings (SSSR count). The molecule has 1 N–H and O–H groups in total. The van der Waals surface area contributed by atoms with Crippen LogP contribution in [-0.4, -0.2) is 75.3 Å². The monoisotopic (exact) mass is 469 g/mol. The number of nitrogens with zero attached hydrogens (tertiary/aromatic N) is 3. The number of hydrogen-bond acceptors (Lipinski definition) is 6. The molecule has 2 aliphatic heterocycles. The lowest BCUT2D eigenvalue weighted by Gasteiger charge is -2.35. The molecule has 30 heavy (non-hydrogen) atoms. The van der Waals surface area contributed by atoms with Crippen LogP contribution in [0.25, 0.3) is 0 Å². The van der Waals surface area contributed by atoms with Crippen LogP contribution in [0, 0.1) is 0 Å². The Balaban J connectivity index is 0.000000461. The highest BCUT2D eigenvalue weighted by molar-refractivity contribution is 7.99. The summed E-state index contributed by atoms with van der Waals surface area (Å²) in [6, 6.07) is 14.9. The second-order valence-corrected chi connectivity index (χ2v) is 10.6. The number of likely N-dealkylation sites (N-methyl/N-ethyl adjacent to an activating group) is 1. The minimum atomic E-state index is -3.67. The average Bonchev–Trinajstić information content (AvgIpc) is 2.68. The van der Waals surface area contributed by atoms with E-state index in [-0.39, 0.29) is 0 Å². The molecular weight excluding hydrogens is 442 g/mol. The maximum atomic E-state index is 9.19. The molecule has 0 amide bonds. The van der Waals surface area contributed by atoms with Gasteiger partial charge in [-0.1, -0.05) is 35.5 Å². The second kappa shape index (κ2) is 10.3. The highest BCUT2D eigenvalue weighted by Gasteiger charge is 2.23. The van der Waals surface area contributed by atoms with Crippen LogP contribution in [0.1, 0.15) is 6.42 Å². The Morgan fingerprint density at radius 1 is 1.00 bits per heavy atom. The Hall–Kier alpha value is -1.29. The van der Waals surface area contributed by atoms with E-state index in [9.17, 15) is 8.42 Å². The smallest absolute Gasteiger partial charge is 0.261 e. The molecule has 2 aliphatic rings. The molecule has 0 radical (unpaired) electrons. The zero-order chi connectivity index (χ0) is 21.7. The first kappa shape index (κ1) is 23.4. The van der Waals surface area contributed by atoms with Gasteiger partial charge in [-0.15, -0.1) is 0 Å². The van der Waals surface area contributed by atoms with Gasteiger partial charge in [0.05, 0.1) is 17.6 Å². The first-order valence-corrected chi connectivity index (χ1v) is 12.9. The molecular formula is C21H28ClN3O3S2. The van der Waals surface area contributed by atoms with Gasteiger partial charge in [0.2, 0.25) is 0 Å². The summed E-state index contributed by atoms with van der Waals surface area (Å²) in [5.74, 6) is 0. The highest BCUT2D eigenvalue weighted by Crippen LogP contribution is 2.48. The van der Waals surface area contributed by atoms with Crippen LogP contribution in [-0.2, 0) is 10.1 Å². The highest BCUT2D eigenvalue weighted by atomic mass is 35.5. The number of piperazine rings is 1. The maximum Gasteiger partial charge on any atom is 0.261 e. The number of para-hydroxylation sites is 1. The van der Waals surface area contributed by atoms with Crippen molar-refractivity contribution in [2.75, 3.05) is 57.5 Å². The molecule has 0 unspecified atom stereocenters. The molecule has 2 aromatic rings. The van der Waals surface area contributed by atoms with Crippen molar-refractivity contribution in [2.24, 2.45) is 0 Å². The number of benzene rings is 2.